The van der Waals surface area contributed by atoms with Gasteiger partial charge in [0.05, 0.1) is 5.60 Å². The molecule has 1 heterocycles. The maximum Gasteiger partial charge on any atom is 0.315 e. The number of nitrogens with one attached hydrogen (secondary N) is 1. The van der Waals surface area contributed by atoms with E-state index < -0.39 is 29.2 Å². The molecule has 4 N–H and O–H groups in total. The fraction of sp³-hybridized carbons (Fsp3) is 0.750. The average Bonchev–Trinajstić information content (AvgIpc) is 2.86. The van der Waals surface area contributed by atoms with Gasteiger partial charge >= 0.3 is 6.03 Å². The number of nitrogens with two attached hydrogens (primary N) is 1. The van der Waals surface area contributed by atoms with Crippen LogP contribution in [-0.2, 0) is 10.3 Å². The van der Waals surface area contributed by atoms with E-state index in [0.29, 0.717) is 51.3 Å². The maximum atomic E-state index is 14.4. The normalized spacial score (nSPS) is 23.9. The van der Waals surface area contributed by atoms with Crippen LogP contribution in [0.4, 0.5) is 13.6 Å². The van der Waals surface area contributed by atoms with E-state index in [1.165, 1.54) is 44.2 Å². The molecule has 1 aliphatic carbocycles. The van der Waals surface area contributed by atoms with E-state index in [4.69, 9.17) is 10.5 Å². The predicted molar refractivity (Wildman–Crippen MR) is 137 cm³/mol. The Morgan fingerprint density at radius 2 is 1.86 bits per heavy atom. The van der Waals surface area contributed by atoms with Gasteiger partial charge in [0.15, 0.2) is 0 Å². The summed E-state index contributed by atoms with van der Waals surface area (Å²) >= 11 is 0. The van der Waals surface area contributed by atoms with Crippen molar-refractivity contribution >= 4 is 6.03 Å². The summed E-state index contributed by atoms with van der Waals surface area (Å²) in [6, 6.07) is 2.49. The van der Waals surface area contributed by atoms with E-state index >= 15 is 0 Å². The molecule has 6 nitrogen and oxygen atoms in total. The highest BCUT2D eigenvalue weighted by Crippen LogP contribution is 2.46. The second kappa shape index (κ2) is 13.7. The van der Waals surface area contributed by atoms with Gasteiger partial charge in [-0.25, -0.2) is 13.6 Å². The second-order valence-corrected chi connectivity index (χ2v) is 10.9. The molecule has 3 rings (SSSR count). The maximum absolute atomic E-state index is 14.4. The number of nitrogens with zero attached hydrogens (tertiary/aromatic N) is 1. The lowest BCUT2D eigenvalue weighted by atomic mass is 9.65. The number of aliphatic hydroxyl groups is 1. The molecule has 1 saturated heterocycles. The van der Waals surface area contributed by atoms with Crippen LogP contribution >= 0.6 is 0 Å². The monoisotopic (exact) mass is 509 g/mol. The summed E-state index contributed by atoms with van der Waals surface area (Å²) in [5, 5.41) is 15.7. The highest BCUT2D eigenvalue weighted by molar-refractivity contribution is 5.72. The van der Waals surface area contributed by atoms with Crippen LogP contribution in [0.15, 0.2) is 18.2 Å². The van der Waals surface area contributed by atoms with Crippen LogP contribution in [0.5, 0.6) is 0 Å². The standard InChI is InChI=1S/C28H45F2N3O3/c1-32-19-21(15-20-9-4-3-5-10-20)26-25(11-8-13-33(26)27(31)34)28(35,12-6-7-14-36-2)22-16-23(29)18-24(30)17-22/h16-18,20-21,25-26,32,35H,3-15,19H2,1-2H3,(H2,31,34)/t21-,25?,26?,28+/m0/s1. The van der Waals surface area contributed by atoms with Crippen LogP contribution < -0.4 is 11.1 Å². The van der Waals surface area contributed by atoms with Crippen molar-refractivity contribution in [2.45, 2.75) is 82.3 Å². The van der Waals surface area contributed by atoms with Crippen LogP contribution in [0.1, 0.15) is 76.2 Å². The van der Waals surface area contributed by atoms with E-state index in [1.54, 1.807) is 12.0 Å². The lowest BCUT2D eigenvalue weighted by Gasteiger charge is -2.51. The summed E-state index contributed by atoms with van der Waals surface area (Å²) < 4.78 is 34.0. The summed E-state index contributed by atoms with van der Waals surface area (Å²) in [5.74, 6) is -1.19. The molecule has 4 atom stereocenters. The molecular weight excluding hydrogens is 464 g/mol. The highest BCUT2D eigenvalue weighted by Gasteiger charge is 2.49. The molecule has 2 unspecified atom stereocenters. The zero-order chi connectivity index (χ0) is 26.1. The van der Waals surface area contributed by atoms with Crippen molar-refractivity contribution in [3.05, 3.63) is 35.4 Å². The number of hydrogen-bond donors (Lipinski definition) is 3. The molecular formula is C28H45F2N3O3. The van der Waals surface area contributed by atoms with Gasteiger partial charge in [0.1, 0.15) is 11.6 Å². The Labute approximate surface area is 214 Å². The van der Waals surface area contributed by atoms with Crippen molar-refractivity contribution in [2.24, 2.45) is 23.5 Å². The smallest absolute Gasteiger partial charge is 0.315 e. The van der Waals surface area contributed by atoms with Crippen molar-refractivity contribution in [1.82, 2.24) is 10.2 Å². The first-order valence-corrected chi connectivity index (χ1v) is 13.7. The molecule has 1 aliphatic heterocycles. The number of carbonyl (C=O) groups excluding carboxylic acids is 1. The predicted octanol–water partition coefficient (Wildman–Crippen LogP) is 4.93. The molecule has 2 fully saturated rings. The molecule has 1 aromatic carbocycles. The highest BCUT2D eigenvalue weighted by atomic mass is 19.1. The lowest BCUT2D eigenvalue weighted by molar-refractivity contribution is -0.0938. The topological polar surface area (TPSA) is 87.8 Å². The zero-order valence-corrected chi connectivity index (χ0v) is 22.0. The second-order valence-electron chi connectivity index (χ2n) is 10.9. The minimum atomic E-state index is -1.51. The summed E-state index contributed by atoms with van der Waals surface area (Å²) in [6.07, 6.45) is 9.97. The van der Waals surface area contributed by atoms with E-state index in [0.717, 1.165) is 18.9 Å². The third-order valence-electron chi connectivity index (χ3n) is 8.41. The Hall–Kier alpha value is -1.77. The molecule has 2 aliphatic rings. The van der Waals surface area contributed by atoms with Gasteiger partial charge in [-0.05, 0) is 81.6 Å². The van der Waals surface area contributed by atoms with Crippen molar-refractivity contribution in [1.29, 1.82) is 0 Å². The third-order valence-corrected chi connectivity index (χ3v) is 8.41. The number of primary amides is 1. The Balaban J connectivity index is 2.03. The van der Waals surface area contributed by atoms with Crippen LogP contribution in [-0.4, -0.2) is 55.9 Å². The number of unbranched alkanes of at least 4 members (excludes halogenated alkanes) is 1. The van der Waals surface area contributed by atoms with Gasteiger partial charge < -0.3 is 25.8 Å². The van der Waals surface area contributed by atoms with Crippen LogP contribution in [0.2, 0.25) is 0 Å². The summed E-state index contributed by atoms with van der Waals surface area (Å²) in [4.78, 5) is 14.4. The minimum absolute atomic E-state index is 0.0693. The molecule has 204 valence electrons. The van der Waals surface area contributed by atoms with Crippen molar-refractivity contribution in [2.75, 3.05) is 33.9 Å². The number of carbonyl (C=O) groups is 1. The van der Waals surface area contributed by atoms with Crippen LogP contribution in [0.3, 0.4) is 0 Å². The Morgan fingerprint density at radius 1 is 1.17 bits per heavy atom. The molecule has 1 aromatic rings. The summed E-state index contributed by atoms with van der Waals surface area (Å²) in [7, 11) is 3.53. The number of hydrogen-bond acceptors (Lipinski definition) is 4. The Kier molecular flexibility index (Phi) is 10.9. The number of amides is 2. The fourth-order valence-corrected chi connectivity index (χ4v) is 6.83. The number of methoxy groups -OCH3 is 1. The SMILES string of the molecule is CNC[C@H](CC1CCCCC1)C1C([C@@](O)(CCCCOC)c2cc(F)cc(F)c2)CCCN1C(N)=O. The summed E-state index contributed by atoms with van der Waals surface area (Å²) in [5.41, 5.74) is 4.64. The molecule has 8 heteroatoms. The number of ether oxygens (including phenoxy) is 1. The number of benzene rings is 1. The van der Waals surface area contributed by atoms with Gasteiger partial charge in [-0.1, -0.05) is 32.1 Å². The molecule has 0 radical (unpaired) electrons. The van der Waals surface area contributed by atoms with E-state index in [9.17, 15) is 18.7 Å². The molecule has 0 spiro atoms. The van der Waals surface area contributed by atoms with Gasteiger partial charge in [-0.3, -0.25) is 0 Å². The fourth-order valence-electron chi connectivity index (χ4n) is 6.83. The average molecular weight is 510 g/mol. The molecule has 0 aromatic heterocycles. The van der Waals surface area contributed by atoms with Crippen molar-refractivity contribution < 1.29 is 23.4 Å². The molecule has 0 bridgehead atoms. The Bertz CT molecular complexity index is 816. The van der Waals surface area contributed by atoms with Gasteiger partial charge in [0, 0.05) is 38.3 Å². The first-order valence-electron chi connectivity index (χ1n) is 13.7. The number of likely N-dealkylation sites (tertiary alicyclic amines) is 1. The first kappa shape index (κ1) is 28.8. The van der Waals surface area contributed by atoms with Gasteiger partial charge in [0.25, 0.3) is 0 Å². The lowest BCUT2D eigenvalue weighted by Crippen LogP contribution is -2.60. The quantitative estimate of drug-likeness (QED) is 0.349. The van der Waals surface area contributed by atoms with Crippen LogP contribution in [0.25, 0.3) is 0 Å². The molecule has 36 heavy (non-hydrogen) atoms. The third kappa shape index (κ3) is 7.17. The number of urea groups is 1. The largest absolute Gasteiger partial charge is 0.385 e. The van der Waals surface area contributed by atoms with Crippen molar-refractivity contribution in [3.8, 4) is 0 Å². The summed E-state index contributed by atoms with van der Waals surface area (Å²) in [6.45, 7) is 1.75. The van der Waals surface area contributed by atoms with Gasteiger partial charge in [0.2, 0.25) is 0 Å². The van der Waals surface area contributed by atoms with Gasteiger partial charge in [-0.2, -0.15) is 0 Å². The molecule has 2 amide bonds. The van der Waals surface area contributed by atoms with E-state index in [-0.39, 0.29) is 17.5 Å². The minimum Gasteiger partial charge on any atom is -0.385 e. The number of halogens is 2. The van der Waals surface area contributed by atoms with Crippen molar-refractivity contribution in [3.63, 3.8) is 0 Å². The zero-order valence-electron chi connectivity index (χ0n) is 22.0. The number of piperidine rings is 1. The van der Waals surface area contributed by atoms with Crippen LogP contribution in [0, 0.1) is 29.4 Å². The van der Waals surface area contributed by atoms with Gasteiger partial charge in [-0.15, -0.1) is 0 Å². The van der Waals surface area contributed by atoms with E-state index in [2.05, 4.69) is 5.32 Å². The first-order chi connectivity index (χ1) is 17.3. The Morgan fingerprint density at radius 3 is 2.47 bits per heavy atom. The molecule has 1 saturated carbocycles. The van der Waals surface area contributed by atoms with E-state index in [1.807, 2.05) is 7.05 Å². The number of rotatable bonds is 12.